The number of methoxy groups -OCH3 is 1. The maximum atomic E-state index is 11.8. The van der Waals surface area contributed by atoms with E-state index in [0.717, 1.165) is 25.9 Å². The Labute approximate surface area is 101 Å². The number of rotatable bonds is 6. The Balaban J connectivity index is 2.47. The fraction of sp³-hybridized carbons (Fsp3) is 0.818. The average Bonchev–Trinajstić information content (AvgIpc) is 2.78. The highest BCUT2D eigenvalue weighted by atomic mass is 16.5. The van der Waals surface area contributed by atoms with Crippen LogP contribution >= 0.6 is 0 Å². The van der Waals surface area contributed by atoms with E-state index in [-0.39, 0.29) is 19.1 Å². The molecule has 0 aromatic carbocycles. The van der Waals surface area contributed by atoms with Crippen LogP contribution in [0.2, 0.25) is 0 Å². The second-order valence-corrected chi connectivity index (χ2v) is 4.31. The third kappa shape index (κ3) is 3.98. The molecule has 6 heteroatoms. The second kappa shape index (κ2) is 6.56. The lowest BCUT2D eigenvalue weighted by Crippen LogP contribution is -2.47. The minimum absolute atomic E-state index is 0.00708. The van der Waals surface area contributed by atoms with Gasteiger partial charge in [-0.15, -0.1) is 0 Å². The van der Waals surface area contributed by atoms with E-state index in [1.54, 1.807) is 11.9 Å². The van der Waals surface area contributed by atoms with Gasteiger partial charge in [-0.2, -0.15) is 0 Å². The Bertz CT molecular complexity index is 277. The topological polar surface area (TPSA) is 70.1 Å². The quantitative estimate of drug-likeness (QED) is 0.691. The molecule has 1 N–H and O–H groups in total. The first-order chi connectivity index (χ1) is 8.06. The number of aliphatic carboxylic acids is 1. The zero-order chi connectivity index (χ0) is 12.8. The van der Waals surface area contributed by atoms with E-state index in [9.17, 15) is 9.59 Å². The van der Waals surface area contributed by atoms with Gasteiger partial charge in [-0.3, -0.25) is 14.5 Å². The van der Waals surface area contributed by atoms with E-state index in [4.69, 9.17) is 9.84 Å². The van der Waals surface area contributed by atoms with E-state index in [1.807, 2.05) is 0 Å². The average molecular weight is 244 g/mol. The van der Waals surface area contributed by atoms with Crippen molar-refractivity contribution in [1.82, 2.24) is 9.80 Å². The number of nitrogens with zero attached hydrogens (tertiary/aromatic N) is 2. The first-order valence-corrected chi connectivity index (χ1v) is 5.76. The minimum atomic E-state index is -0.969. The smallest absolute Gasteiger partial charge is 0.323 e. The highest BCUT2D eigenvalue weighted by molar-refractivity contribution is 5.80. The summed E-state index contributed by atoms with van der Waals surface area (Å²) in [6, 6.07) is -0.772. The van der Waals surface area contributed by atoms with Crippen molar-refractivity contribution in [3.8, 4) is 0 Å². The summed E-state index contributed by atoms with van der Waals surface area (Å²) in [4.78, 5) is 26.1. The highest BCUT2D eigenvalue weighted by Gasteiger charge is 2.26. The Hall–Kier alpha value is -1.14. The lowest BCUT2D eigenvalue weighted by atomic mass is 10.2. The predicted molar refractivity (Wildman–Crippen MR) is 61.7 cm³/mol. The molecular weight excluding hydrogens is 224 g/mol. The van der Waals surface area contributed by atoms with Gasteiger partial charge in [0.15, 0.2) is 0 Å². The lowest BCUT2D eigenvalue weighted by Gasteiger charge is -2.25. The van der Waals surface area contributed by atoms with Crippen LogP contribution < -0.4 is 0 Å². The van der Waals surface area contributed by atoms with E-state index in [0.29, 0.717) is 0 Å². The largest absolute Gasteiger partial charge is 0.480 e. The van der Waals surface area contributed by atoms with E-state index >= 15 is 0 Å². The van der Waals surface area contributed by atoms with Crippen LogP contribution in [-0.4, -0.2) is 73.2 Å². The van der Waals surface area contributed by atoms with Gasteiger partial charge >= 0.3 is 5.97 Å². The van der Waals surface area contributed by atoms with Crippen LogP contribution in [-0.2, 0) is 14.3 Å². The molecular formula is C11H20N2O4. The van der Waals surface area contributed by atoms with Gasteiger partial charge < -0.3 is 14.7 Å². The molecule has 0 bridgehead atoms. The minimum Gasteiger partial charge on any atom is -0.480 e. The summed E-state index contributed by atoms with van der Waals surface area (Å²) in [5.41, 5.74) is 0. The molecule has 1 amide bonds. The van der Waals surface area contributed by atoms with Crippen LogP contribution in [0.25, 0.3) is 0 Å². The number of likely N-dealkylation sites (tertiary alicyclic amines) is 1. The van der Waals surface area contributed by atoms with Gasteiger partial charge in [0.05, 0.1) is 13.2 Å². The second-order valence-electron chi connectivity index (χ2n) is 4.31. The zero-order valence-electron chi connectivity index (χ0n) is 10.4. The molecule has 1 aliphatic heterocycles. The van der Waals surface area contributed by atoms with Crippen LogP contribution in [0.4, 0.5) is 0 Å². The molecule has 1 fully saturated rings. The number of hydrogen-bond donors (Lipinski definition) is 1. The third-order valence-electron chi connectivity index (χ3n) is 2.99. The van der Waals surface area contributed by atoms with Gasteiger partial charge in [0.1, 0.15) is 6.04 Å². The van der Waals surface area contributed by atoms with Gasteiger partial charge in [-0.1, -0.05) is 0 Å². The van der Waals surface area contributed by atoms with Crippen LogP contribution in [0.15, 0.2) is 0 Å². The number of carbonyl (C=O) groups excluding carboxylic acids is 1. The molecule has 0 aromatic rings. The number of likely N-dealkylation sites (N-methyl/N-ethyl adjacent to an activating group) is 1. The van der Waals surface area contributed by atoms with Crippen molar-refractivity contribution in [2.75, 3.05) is 40.4 Å². The predicted octanol–water partition coefficient (Wildman–Crippen LogP) is -0.360. The molecule has 1 atom stereocenters. The summed E-state index contributed by atoms with van der Waals surface area (Å²) in [6.07, 6.45) is 2.08. The maximum Gasteiger partial charge on any atom is 0.323 e. The first kappa shape index (κ1) is 13.9. The molecule has 0 radical (unpaired) electrons. The Morgan fingerprint density at radius 2 is 2.00 bits per heavy atom. The van der Waals surface area contributed by atoms with Crippen molar-refractivity contribution in [2.24, 2.45) is 0 Å². The number of carboxylic acid groups (broad SMARTS) is 1. The van der Waals surface area contributed by atoms with Crippen LogP contribution in [0.1, 0.15) is 12.8 Å². The number of amides is 1. The van der Waals surface area contributed by atoms with E-state index in [1.165, 1.54) is 12.0 Å². The third-order valence-corrected chi connectivity index (χ3v) is 2.99. The summed E-state index contributed by atoms with van der Waals surface area (Å²) in [7, 11) is 3.08. The number of carbonyl (C=O) groups is 2. The van der Waals surface area contributed by atoms with Crippen LogP contribution in [0.3, 0.4) is 0 Å². The fourth-order valence-electron chi connectivity index (χ4n) is 1.94. The molecule has 0 aromatic heterocycles. The molecule has 1 aliphatic rings. The Morgan fingerprint density at radius 1 is 1.41 bits per heavy atom. The summed E-state index contributed by atoms with van der Waals surface area (Å²) < 4.78 is 4.85. The maximum absolute atomic E-state index is 11.8. The van der Waals surface area contributed by atoms with E-state index < -0.39 is 12.0 Å². The van der Waals surface area contributed by atoms with Crippen molar-refractivity contribution in [2.45, 2.75) is 18.9 Å². The molecule has 17 heavy (non-hydrogen) atoms. The number of hydrogen-bond acceptors (Lipinski definition) is 4. The van der Waals surface area contributed by atoms with Gasteiger partial charge in [-0.25, -0.2) is 0 Å². The molecule has 1 heterocycles. The molecule has 1 unspecified atom stereocenters. The van der Waals surface area contributed by atoms with Crippen molar-refractivity contribution >= 4 is 11.9 Å². The standard InChI is InChI=1S/C11H20N2O4/c1-12(9(8-17-2)11(15)16)7-10(14)13-5-3-4-6-13/h9H,3-8H2,1-2H3,(H,15,16). The molecule has 0 aliphatic carbocycles. The van der Waals surface area contributed by atoms with Gasteiger partial charge in [0, 0.05) is 20.2 Å². The SMILES string of the molecule is COCC(C(=O)O)N(C)CC(=O)N1CCCC1. The van der Waals surface area contributed by atoms with Crippen molar-refractivity contribution in [1.29, 1.82) is 0 Å². The highest BCUT2D eigenvalue weighted by Crippen LogP contribution is 2.08. The fourth-order valence-corrected chi connectivity index (χ4v) is 1.94. The lowest BCUT2D eigenvalue weighted by molar-refractivity contribution is -0.146. The van der Waals surface area contributed by atoms with Gasteiger partial charge in [0.2, 0.25) is 5.91 Å². The monoisotopic (exact) mass is 244 g/mol. The number of carboxylic acids is 1. The summed E-state index contributed by atoms with van der Waals surface area (Å²) in [5, 5.41) is 9.01. The normalized spacial score (nSPS) is 17.5. The van der Waals surface area contributed by atoms with Gasteiger partial charge in [-0.05, 0) is 19.9 Å². The zero-order valence-corrected chi connectivity index (χ0v) is 10.4. The Kier molecular flexibility index (Phi) is 5.37. The van der Waals surface area contributed by atoms with E-state index in [2.05, 4.69) is 0 Å². The van der Waals surface area contributed by atoms with Crippen molar-refractivity contribution in [3.05, 3.63) is 0 Å². The molecule has 98 valence electrons. The number of ether oxygens (including phenoxy) is 1. The van der Waals surface area contributed by atoms with Crippen molar-refractivity contribution in [3.63, 3.8) is 0 Å². The molecule has 0 saturated carbocycles. The van der Waals surface area contributed by atoms with Crippen LogP contribution in [0, 0.1) is 0 Å². The summed E-state index contributed by atoms with van der Waals surface area (Å²) >= 11 is 0. The molecule has 0 spiro atoms. The first-order valence-electron chi connectivity index (χ1n) is 5.76. The molecule has 1 rings (SSSR count). The Morgan fingerprint density at radius 3 is 2.47 bits per heavy atom. The summed E-state index contributed by atoms with van der Waals surface area (Å²) in [6.45, 7) is 1.78. The van der Waals surface area contributed by atoms with Gasteiger partial charge in [0.25, 0.3) is 0 Å². The molecule has 6 nitrogen and oxygen atoms in total. The summed E-state index contributed by atoms with van der Waals surface area (Å²) in [5.74, 6) is -0.976. The molecule has 1 saturated heterocycles. The van der Waals surface area contributed by atoms with Crippen molar-refractivity contribution < 1.29 is 19.4 Å². The van der Waals surface area contributed by atoms with Crippen LogP contribution in [0.5, 0.6) is 0 Å².